The van der Waals surface area contributed by atoms with E-state index in [4.69, 9.17) is 10.5 Å². The normalized spacial score (nSPS) is 15.9. The highest BCUT2D eigenvalue weighted by molar-refractivity contribution is 7.92. The Kier molecular flexibility index (Phi) is 4.55. The van der Waals surface area contributed by atoms with E-state index >= 15 is 0 Å². The highest BCUT2D eigenvalue weighted by Gasteiger charge is 2.36. The molecule has 1 unspecified atom stereocenters. The van der Waals surface area contributed by atoms with E-state index in [1.54, 1.807) is 13.8 Å². The summed E-state index contributed by atoms with van der Waals surface area (Å²) in [5.74, 6) is 0. The second-order valence-electron chi connectivity index (χ2n) is 4.36. The minimum absolute atomic E-state index is 0.0661. The third kappa shape index (κ3) is 3.55. The van der Waals surface area contributed by atoms with Gasteiger partial charge in [-0.05, 0) is 27.7 Å². The molecule has 0 aromatic rings. The largest absolute Gasteiger partial charge is 0.377 e. The van der Waals surface area contributed by atoms with Gasteiger partial charge in [0.15, 0.2) is 9.84 Å². The number of hydrogen-bond acceptors (Lipinski definition) is 4. The molecule has 0 saturated carbocycles. The molecule has 0 spiro atoms. The topological polar surface area (TPSA) is 69.4 Å². The summed E-state index contributed by atoms with van der Waals surface area (Å²) in [6, 6.07) is -0.500. The number of hydrogen-bond donors (Lipinski definition) is 1. The number of ether oxygens (including phenoxy) is 1. The second-order valence-corrected chi connectivity index (χ2v) is 6.96. The first-order chi connectivity index (χ1) is 6.09. The molecule has 0 aromatic heterocycles. The Hall–Kier alpha value is -0.130. The average molecular weight is 223 g/mol. The van der Waals surface area contributed by atoms with Gasteiger partial charge in [-0.2, -0.15) is 0 Å². The molecule has 0 aliphatic heterocycles. The fourth-order valence-corrected chi connectivity index (χ4v) is 1.39. The highest BCUT2D eigenvalue weighted by Crippen LogP contribution is 2.19. The molecule has 0 aliphatic carbocycles. The van der Waals surface area contributed by atoms with Crippen molar-refractivity contribution in [3.63, 3.8) is 0 Å². The van der Waals surface area contributed by atoms with Crippen LogP contribution in [0, 0.1) is 0 Å². The molecule has 2 N–H and O–H groups in total. The molecular weight excluding hydrogens is 202 g/mol. The fraction of sp³-hybridized carbons (Fsp3) is 1.00. The van der Waals surface area contributed by atoms with Gasteiger partial charge in [-0.25, -0.2) is 8.42 Å². The summed E-state index contributed by atoms with van der Waals surface area (Å²) in [5.41, 5.74) is 5.78. The fourth-order valence-electron chi connectivity index (χ4n) is 0.772. The maximum Gasteiger partial charge on any atom is 0.154 e. The van der Waals surface area contributed by atoms with Gasteiger partial charge in [0, 0.05) is 12.3 Å². The highest BCUT2D eigenvalue weighted by atomic mass is 32.2. The Bertz CT molecular complexity index is 270. The van der Waals surface area contributed by atoms with E-state index in [1.807, 2.05) is 13.8 Å². The van der Waals surface area contributed by atoms with Crippen LogP contribution >= 0.6 is 0 Å². The van der Waals surface area contributed by atoms with Gasteiger partial charge in [0.2, 0.25) is 0 Å². The molecule has 14 heavy (non-hydrogen) atoms. The van der Waals surface area contributed by atoms with Crippen LogP contribution in [-0.2, 0) is 14.6 Å². The lowest BCUT2D eigenvalue weighted by Crippen LogP contribution is -2.51. The van der Waals surface area contributed by atoms with Crippen molar-refractivity contribution >= 4 is 9.84 Å². The summed E-state index contributed by atoms with van der Waals surface area (Å²) in [7, 11) is -3.15. The van der Waals surface area contributed by atoms with Crippen LogP contribution in [0.5, 0.6) is 0 Å². The van der Waals surface area contributed by atoms with Crippen molar-refractivity contribution in [1.29, 1.82) is 0 Å². The smallest absolute Gasteiger partial charge is 0.154 e. The van der Waals surface area contributed by atoms with Crippen molar-refractivity contribution in [2.24, 2.45) is 5.73 Å². The van der Waals surface area contributed by atoms with Crippen LogP contribution in [0.3, 0.4) is 0 Å². The van der Waals surface area contributed by atoms with Gasteiger partial charge in [0.25, 0.3) is 0 Å². The van der Waals surface area contributed by atoms with E-state index in [0.29, 0.717) is 0 Å². The zero-order valence-electron chi connectivity index (χ0n) is 9.57. The summed E-state index contributed by atoms with van der Waals surface area (Å²) >= 11 is 0. The summed E-state index contributed by atoms with van der Waals surface area (Å²) in [4.78, 5) is 0. The molecule has 0 aromatic carbocycles. The standard InChI is InChI=1S/C9H21NO3S/c1-7(2)13-6-8(10)9(3,4)14(5,11)12/h7-8H,6,10H2,1-5H3. The molecule has 0 radical (unpaired) electrons. The van der Waals surface area contributed by atoms with E-state index < -0.39 is 20.6 Å². The summed E-state index contributed by atoms with van der Waals surface area (Å²) in [5, 5.41) is 0. The van der Waals surface area contributed by atoms with Crippen molar-refractivity contribution in [2.75, 3.05) is 12.9 Å². The van der Waals surface area contributed by atoms with Crippen molar-refractivity contribution in [3.8, 4) is 0 Å². The van der Waals surface area contributed by atoms with Gasteiger partial charge in [-0.1, -0.05) is 0 Å². The first-order valence-electron chi connectivity index (χ1n) is 4.66. The Labute approximate surface area is 86.7 Å². The van der Waals surface area contributed by atoms with E-state index in [1.165, 1.54) is 6.26 Å². The van der Waals surface area contributed by atoms with E-state index in [2.05, 4.69) is 0 Å². The van der Waals surface area contributed by atoms with Gasteiger partial charge < -0.3 is 10.5 Å². The lowest BCUT2D eigenvalue weighted by atomic mass is 10.1. The predicted octanol–water partition coefficient (Wildman–Crippen LogP) is 0.562. The Morgan fingerprint density at radius 3 is 2.07 bits per heavy atom. The summed E-state index contributed by atoms with van der Waals surface area (Å²) in [6.07, 6.45) is 1.26. The van der Waals surface area contributed by atoms with Crippen LogP contribution in [0.1, 0.15) is 27.7 Å². The molecule has 0 bridgehead atoms. The molecule has 0 heterocycles. The molecule has 0 rings (SSSR count). The van der Waals surface area contributed by atoms with E-state index in [9.17, 15) is 8.42 Å². The first kappa shape index (κ1) is 13.9. The van der Waals surface area contributed by atoms with Gasteiger partial charge >= 0.3 is 0 Å². The third-order valence-corrected chi connectivity index (χ3v) is 4.67. The van der Waals surface area contributed by atoms with Crippen LogP contribution in [0.4, 0.5) is 0 Å². The van der Waals surface area contributed by atoms with Crippen LogP contribution in [0.15, 0.2) is 0 Å². The van der Waals surface area contributed by atoms with Crippen LogP contribution in [-0.4, -0.2) is 38.2 Å². The summed E-state index contributed by atoms with van der Waals surface area (Å²) < 4.78 is 27.2. The SMILES string of the molecule is CC(C)OCC(N)C(C)(C)S(C)(=O)=O. The van der Waals surface area contributed by atoms with Crippen LogP contribution < -0.4 is 5.73 Å². The molecule has 0 saturated heterocycles. The maximum absolute atomic E-state index is 11.4. The maximum atomic E-state index is 11.4. The zero-order chi connectivity index (χ0) is 11.6. The van der Waals surface area contributed by atoms with Crippen molar-refractivity contribution in [1.82, 2.24) is 0 Å². The quantitative estimate of drug-likeness (QED) is 0.739. The molecule has 86 valence electrons. The van der Waals surface area contributed by atoms with Gasteiger partial charge in [-0.15, -0.1) is 0 Å². The predicted molar refractivity (Wildman–Crippen MR) is 58.0 cm³/mol. The van der Waals surface area contributed by atoms with Crippen LogP contribution in [0.25, 0.3) is 0 Å². The van der Waals surface area contributed by atoms with Gasteiger partial charge in [0.05, 0.1) is 17.5 Å². The lowest BCUT2D eigenvalue weighted by molar-refractivity contribution is 0.0627. The second kappa shape index (κ2) is 4.59. The zero-order valence-corrected chi connectivity index (χ0v) is 10.4. The van der Waals surface area contributed by atoms with Gasteiger partial charge in [0.1, 0.15) is 0 Å². The number of sulfone groups is 1. The van der Waals surface area contributed by atoms with Crippen molar-refractivity contribution in [3.05, 3.63) is 0 Å². The minimum atomic E-state index is -3.15. The van der Waals surface area contributed by atoms with Crippen LogP contribution in [0.2, 0.25) is 0 Å². The number of nitrogens with two attached hydrogens (primary N) is 1. The first-order valence-corrected chi connectivity index (χ1v) is 6.55. The van der Waals surface area contributed by atoms with E-state index in [-0.39, 0.29) is 12.7 Å². The Morgan fingerprint density at radius 2 is 1.79 bits per heavy atom. The minimum Gasteiger partial charge on any atom is -0.377 e. The Morgan fingerprint density at radius 1 is 1.36 bits per heavy atom. The molecule has 0 amide bonds. The van der Waals surface area contributed by atoms with Crippen molar-refractivity contribution < 1.29 is 13.2 Å². The molecule has 4 nitrogen and oxygen atoms in total. The average Bonchev–Trinajstić information content (AvgIpc) is 1.97. The lowest BCUT2D eigenvalue weighted by Gasteiger charge is -2.29. The molecular formula is C9H21NO3S. The molecule has 5 heteroatoms. The van der Waals surface area contributed by atoms with E-state index in [0.717, 1.165) is 0 Å². The summed E-state index contributed by atoms with van der Waals surface area (Å²) in [6.45, 7) is 7.28. The molecule has 1 atom stereocenters. The molecule has 0 aliphatic rings. The third-order valence-electron chi connectivity index (χ3n) is 2.46. The molecule has 0 fully saturated rings. The van der Waals surface area contributed by atoms with Crippen molar-refractivity contribution in [2.45, 2.75) is 44.6 Å². The number of rotatable bonds is 5. The van der Waals surface area contributed by atoms with Gasteiger partial charge in [-0.3, -0.25) is 0 Å². The monoisotopic (exact) mass is 223 g/mol. The Balaban J connectivity index is 4.45.